The number of aromatic nitrogens is 3. The first-order valence-electron chi connectivity index (χ1n) is 9.20. The largest absolute Gasteiger partial charge is 0.415 e. The molecule has 0 N–H and O–H groups in total. The molecular weight excluding hydrogens is 409 g/mol. The maximum atomic E-state index is 14.9. The Hall–Kier alpha value is -4.01. The van der Waals surface area contributed by atoms with E-state index in [9.17, 15) is 18.0 Å². The molecular formula is C22H15F3N4O2. The molecule has 6 nitrogen and oxygen atoms in total. The fraction of sp³-hybridized carbons (Fsp3) is 0.0909. The number of pyridine rings is 1. The van der Waals surface area contributed by atoms with E-state index in [4.69, 9.17) is 4.42 Å². The number of halogens is 3. The molecule has 0 bridgehead atoms. The predicted molar refractivity (Wildman–Crippen MR) is 106 cm³/mol. The summed E-state index contributed by atoms with van der Waals surface area (Å²) < 4.78 is 45.0. The van der Waals surface area contributed by atoms with E-state index >= 15 is 0 Å². The molecule has 0 saturated heterocycles. The van der Waals surface area contributed by atoms with Gasteiger partial charge in [0.25, 0.3) is 11.8 Å². The zero-order valence-corrected chi connectivity index (χ0v) is 16.0. The normalized spacial score (nSPS) is 11.0. The Labute approximate surface area is 175 Å². The molecule has 4 aromatic rings. The number of carbonyl (C=O) groups is 1. The van der Waals surface area contributed by atoms with Gasteiger partial charge in [-0.3, -0.25) is 9.78 Å². The summed E-state index contributed by atoms with van der Waals surface area (Å²) in [6, 6.07) is 16.0. The summed E-state index contributed by atoms with van der Waals surface area (Å²) in [6.07, 6.45) is 0.0946. The number of anilines is 1. The van der Waals surface area contributed by atoms with Crippen LogP contribution >= 0.6 is 0 Å². The molecule has 0 atom stereocenters. The van der Waals surface area contributed by atoms with Crippen molar-refractivity contribution in [1.29, 1.82) is 0 Å². The first-order chi connectivity index (χ1) is 15.0. The van der Waals surface area contributed by atoms with Crippen LogP contribution in [0.5, 0.6) is 0 Å². The van der Waals surface area contributed by atoms with E-state index < -0.39 is 18.1 Å². The third-order valence-electron chi connectivity index (χ3n) is 4.50. The van der Waals surface area contributed by atoms with E-state index in [1.54, 1.807) is 36.4 Å². The van der Waals surface area contributed by atoms with E-state index in [1.807, 2.05) is 6.07 Å². The highest BCUT2D eigenvalue weighted by Gasteiger charge is 2.21. The van der Waals surface area contributed by atoms with Gasteiger partial charge in [-0.05, 0) is 36.4 Å². The van der Waals surface area contributed by atoms with Crippen LogP contribution in [-0.4, -0.2) is 21.1 Å². The number of para-hydroxylation sites is 1. The van der Waals surface area contributed by atoms with Gasteiger partial charge in [-0.25, -0.2) is 4.39 Å². The maximum Gasteiger partial charge on any atom is 0.314 e. The van der Waals surface area contributed by atoms with Crippen molar-refractivity contribution in [3.63, 3.8) is 0 Å². The van der Waals surface area contributed by atoms with Gasteiger partial charge in [0.15, 0.2) is 0 Å². The fourth-order valence-corrected chi connectivity index (χ4v) is 2.96. The second kappa shape index (κ2) is 8.78. The molecule has 2 aromatic carbocycles. The minimum absolute atomic E-state index is 0.0522. The molecule has 0 spiro atoms. The SMILES string of the molecule is O=C(c1ccncc1)N(Cc1ccc(-c2nnc(C(F)F)o2)cc1F)c1ccccc1. The first kappa shape index (κ1) is 20.3. The highest BCUT2D eigenvalue weighted by Crippen LogP contribution is 2.26. The Morgan fingerprint density at radius 3 is 2.39 bits per heavy atom. The van der Waals surface area contributed by atoms with Crippen LogP contribution in [0, 0.1) is 5.82 Å². The molecule has 0 aliphatic carbocycles. The number of hydrogen-bond acceptors (Lipinski definition) is 5. The van der Waals surface area contributed by atoms with Crippen molar-refractivity contribution in [2.75, 3.05) is 4.90 Å². The molecule has 0 aliphatic rings. The standard InChI is InChI=1S/C22H15F3N4O2/c23-18-12-15(20-27-28-21(31-20)19(24)25)6-7-16(18)13-29(17-4-2-1-3-5-17)22(30)14-8-10-26-11-9-14/h1-12,19H,13H2. The van der Waals surface area contributed by atoms with Crippen LogP contribution in [0.25, 0.3) is 11.5 Å². The van der Waals surface area contributed by atoms with Gasteiger partial charge in [0.1, 0.15) is 5.82 Å². The Kier molecular flexibility index (Phi) is 5.74. The molecule has 0 saturated carbocycles. The van der Waals surface area contributed by atoms with Crippen molar-refractivity contribution >= 4 is 11.6 Å². The Bertz CT molecular complexity index is 1180. The second-order valence-corrected chi connectivity index (χ2v) is 6.52. The van der Waals surface area contributed by atoms with Gasteiger partial charge in [0.05, 0.1) is 6.54 Å². The topological polar surface area (TPSA) is 72.1 Å². The van der Waals surface area contributed by atoms with E-state index in [0.717, 1.165) is 6.07 Å². The van der Waals surface area contributed by atoms with Gasteiger partial charge >= 0.3 is 6.43 Å². The molecule has 2 aromatic heterocycles. The Morgan fingerprint density at radius 2 is 1.74 bits per heavy atom. The molecule has 156 valence electrons. The summed E-state index contributed by atoms with van der Waals surface area (Å²) in [6.45, 7) is -0.0522. The minimum atomic E-state index is -2.91. The quantitative estimate of drug-likeness (QED) is 0.433. The lowest BCUT2D eigenvalue weighted by Gasteiger charge is -2.23. The summed E-state index contributed by atoms with van der Waals surface area (Å²) in [5, 5.41) is 6.76. The van der Waals surface area contributed by atoms with Gasteiger partial charge in [0, 0.05) is 34.8 Å². The lowest BCUT2D eigenvalue weighted by Crippen LogP contribution is -2.30. The monoisotopic (exact) mass is 424 g/mol. The smallest absolute Gasteiger partial charge is 0.314 e. The maximum absolute atomic E-state index is 14.9. The van der Waals surface area contributed by atoms with Crippen LogP contribution in [-0.2, 0) is 6.54 Å². The molecule has 0 fully saturated rings. The molecule has 4 rings (SSSR count). The number of benzene rings is 2. The van der Waals surface area contributed by atoms with Crippen LogP contribution in [0.4, 0.5) is 18.9 Å². The van der Waals surface area contributed by atoms with Crippen molar-refractivity contribution < 1.29 is 22.4 Å². The number of nitrogens with zero attached hydrogens (tertiary/aromatic N) is 4. The third kappa shape index (κ3) is 4.45. The molecule has 0 radical (unpaired) electrons. The van der Waals surface area contributed by atoms with E-state index in [1.165, 1.54) is 29.4 Å². The lowest BCUT2D eigenvalue weighted by atomic mass is 10.1. The Morgan fingerprint density at radius 1 is 1.00 bits per heavy atom. The third-order valence-corrected chi connectivity index (χ3v) is 4.50. The Balaban J connectivity index is 1.64. The summed E-state index contributed by atoms with van der Waals surface area (Å²) >= 11 is 0. The highest BCUT2D eigenvalue weighted by molar-refractivity contribution is 6.05. The van der Waals surface area contributed by atoms with Crippen LogP contribution in [0.1, 0.15) is 28.2 Å². The van der Waals surface area contributed by atoms with E-state index in [0.29, 0.717) is 11.3 Å². The van der Waals surface area contributed by atoms with Crippen molar-refractivity contribution in [1.82, 2.24) is 15.2 Å². The average Bonchev–Trinajstić information content (AvgIpc) is 3.30. The highest BCUT2D eigenvalue weighted by atomic mass is 19.3. The van der Waals surface area contributed by atoms with Crippen LogP contribution in [0.15, 0.2) is 77.5 Å². The number of amides is 1. The summed E-state index contributed by atoms with van der Waals surface area (Å²) in [5.74, 6) is -2.01. The van der Waals surface area contributed by atoms with Gasteiger partial charge in [0.2, 0.25) is 5.89 Å². The van der Waals surface area contributed by atoms with Crippen molar-refractivity contribution in [3.05, 3.63) is 95.9 Å². The zero-order chi connectivity index (χ0) is 21.8. The van der Waals surface area contributed by atoms with Crippen LogP contribution in [0.2, 0.25) is 0 Å². The molecule has 31 heavy (non-hydrogen) atoms. The van der Waals surface area contributed by atoms with Crippen molar-refractivity contribution in [3.8, 4) is 11.5 Å². The molecule has 2 heterocycles. The van der Waals surface area contributed by atoms with Crippen LogP contribution in [0.3, 0.4) is 0 Å². The molecule has 0 unspecified atom stereocenters. The molecule has 9 heteroatoms. The number of hydrogen-bond donors (Lipinski definition) is 0. The number of alkyl halides is 2. The summed E-state index contributed by atoms with van der Waals surface area (Å²) in [7, 11) is 0. The van der Waals surface area contributed by atoms with Gasteiger partial charge in [-0.2, -0.15) is 8.78 Å². The van der Waals surface area contributed by atoms with Gasteiger partial charge < -0.3 is 9.32 Å². The van der Waals surface area contributed by atoms with Gasteiger partial charge in [-0.1, -0.05) is 24.3 Å². The summed E-state index contributed by atoms with van der Waals surface area (Å²) in [4.78, 5) is 18.4. The average molecular weight is 424 g/mol. The summed E-state index contributed by atoms with van der Waals surface area (Å²) in [5.41, 5.74) is 1.38. The minimum Gasteiger partial charge on any atom is -0.415 e. The van der Waals surface area contributed by atoms with Crippen LogP contribution < -0.4 is 4.90 Å². The predicted octanol–water partition coefficient (Wildman–Crippen LogP) is 5.06. The van der Waals surface area contributed by atoms with E-state index in [2.05, 4.69) is 15.2 Å². The molecule has 0 aliphatic heterocycles. The zero-order valence-electron chi connectivity index (χ0n) is 16.0. The number of carbonyl (C=O) groups excluding carboxylic acids is 1. The lowest BCUT2D eigenvalue weighted by molar-refractivity contribution is 0.0984. The van der Waals surface area contributed by atoms with Crippen molar-refractivity contribution in [2.45, 2.75) is 13.0 Å². The fourth-order valence-electron chi connectivity index (χ4n) is 2.96. The second-order valence-electron chi connectivity index (χ2n) is 6.52. The number of rotatable bonds is 6. The van der Waals surface area contributed by atoms with Crippen molar-refractivity contribution in [2.24, 2.45) is 0 Å². The first-order valence-corrected chi connectivity index (χ1v) is 9.20. The van der Waals surface area contributed by atoms with E-state index in [-0.39, 0.29) is 29.5 Å². The molecule has 1 amide bonds. The van der Waals surface area contributed by atoms with Gasteiger partial charge in [-0.15, -0.1) is 10.2 Å².